The highest BCUT2D eigenvalue weighted by atomic mass is 19.4. The molecule has 210 valence electrons. The summed E-state index contributed by atoms with van der Waals surface area (Å²) < 4.78 is 51.0. The zero-order chi connectivity index (χ0) is 28.3. The van der Waals surface area contributed by atoms with Gasteiger partial charge in [0.05, 0.1) is 23.3 Å². The van der Waals surface area contributed by atoms with Crippen LogP contribution in [0.4, 0.5) is 13.2 Å². The Labute approximate surface area is 232 Å². The lowest BCUT2D eigenvalue weighted by Crippen LogP contribution is -2.17. The van der Waals surface area contributed by atoms with E-state index in [0.29, 0.717) is 47.2 Å². The molecule has 0 saturated heterocycles. The van der Waals surface area contributed by atoms with Crippen molar-refractivity contribution in [2.75, 3.05) is 6.61 Å². The van der Waals surface area contributed by atoms with E-state index < -0.39 is 12.3 Å². The van der Waals surface area contributed by atoms with Gasteiger partial charge in [0, 0.05) is 22.0 Å². The molecule has 2 aliphatic rings. The molecule has 0 bridgehead atoms. The number of benzene rings is 3. The van der Waals surface area contributed by atoms with Crippen molar-refractivity contribution in [1.29, 1.82) is 0 Å². The van der Waals surface area contributed by atoms with E-state index >= 15 is 0 Å². The number of nitrogens with zero attached hydrogens (tertiary/aromatic N) is 2. The highest BCUT2D eigenvalue weighted by Gasteiger charge is 2.32. The number of ether oxygens (including phenoxy) is 2. The van der Waals surface area contributed by atoms with E-state index in [1.165, 1.54) is 30.2 Å². The summed E-state index contributed by atoms with van der Waals surface area (Å²) in [6, 6.07) is 14.9. The highest BCUT2D eigenvalue weighted by molar-refractivity contribution is 6.01. The van der Waals surface area contributed by atoms with Crippen molar-refractivity contribution in [3.63, 3.8) is 0 Å². The first-order valence-electron chi connectivity index (χ1n) is 13.7. The summed E-state index contributed by atoms with van der Waals surface area (Å²) in [4.78, 5) is 19.8. The van der Waals surface area contributed by atoms with Crippen LogP contribution in [0, 0.1) is 0 Å². The van der Waals surface area contributed by atoms with Gasteiger partial charge in [-0.05, 0) is 60.7 Å². The Morgan fingerprint density at radius 3 is 2.68 bits per heavy atom. The van der Waals surface area contributed by atoms with Crippen LogP contribution in [0.5, 0.6) is 11.5 Å². The molecule has 1 aliphatic heterocycles. The molecular formula is C31H26F3N3O4. The van der Waals surface area contributed by atoms with Gasteiger partial charge in [0.25, 0.3) is 0 Å². The molecule has 7 rings (SSSR count). The molecule has 1 aliphatic carbocycles. The summed E-state index contributed by atoms with van der Waals surface area (Å²) in [5, 5.41) is 10.8. The summed E-state index contributed by atoms with van der Waals surface area (Å²) in [6.45, 7) is 0.892. The second-order valence-electron chi connectivity index (χ2n) is 10.6. The number of fused-ring (bicyclic) bond motifs is 7. The number of nitrogens with one attached hydrogen (secondary N) is 1. The summed E-state index contributed by atoms with van der Waals surface area (Å²) in [7, 11) is 0. The molecule has 2 N–H and O–H groups in total. The molecular weight excluding hydrogens is 535 g/mol. The van der Waals surface area contributed by atoms with Gasteiger partial charge >= 0.3 is 12.3 Å². The monoisotopic (exact) mass is 561 g/mol. The van der Waals surface area contributed by atoms with Gasteiger partial charge in [-0.3, -0.25) is 0 Å². The number of aromatic amines is 1. The second-order valence-corrected chi connectivity index (χ2v) is 10.6. The first-order chi connectivity index (χ1) is 19.8. The van der Waals surface area contributed by atoms with Gasteiger partial charge in [0.1, 0.15) is 23.7 Å². The van der Waals surface area contributed by atoms with Crippen molar-refractivity contribution in [3.8, 4) is 34.1 Å². The Bertz CT molecular complexity index is 1820. The quantitative estimate of drug-likeness (QED) is 0.233. The third-order valence-corrected chi connectivity index (χ3v) is 8.13. The normalized spacial score (nSPS) is 15.8. The molecule has 5 aromatic rings. The highest BCUT2D eigenvalue weighted by Crippen LogP contribution is 2.48. The van der Waals surface area contributed by atoms with E-state index in [-0.39, 0.29) is 11.3 Å². The molecule has 0 spiro atoms. The fourth-order valence-electron chi connectivity index (χ4n) is 6.44. The zero-order valence-electron chi connectivity index (χ0n) is 21.9. The topological polar surface area (TPSA) is 89.4 Å². The molecule has 0 unspecified atom stereocenters. The number of carboxylic acids is 1. The van der Waals surface area contributed by atoms with Crippen molar-refractivity contribution in [2.45, 2.75) is 50.9 Å². The predicted octanol–water partition coefficient (Wildman–Crippen LogP) is 7.89. The number of hydrogen-bond donors (Lipinski definition) is 2. The van der Waals surface area contributed by atoms with Crippen LogP contribution in [0.3, 0.4) is 0 Å². The number of rotatable bonds is 4. The number of imidazole rings is 1. The average Bonchev–Trinajstić information content (AvgIpc) is 3.46. The lowest BCUT2D eigenvalue weighted by molar-refractivity contribution is -0.274. The van der Waals surface area contributed by atoms with Crippen LogP contribution in [0.15, 0.2) is 54.6 Å². The number of aromatic carboxylic acids is 1. The fourth-order valence-corrected chi connectivity index (χ4v) is 6.44. The van der Waals surface area contributed by atoms with Gasteiger partial charge in [0.2, 0.25) is 0 Å². The Kier molecular flexibility index (Phi) is 5.95. The molecule has 2 aromatic heterocycles. The lowest BCUT2D eigenvalue weighted by Gasteiger charge is -2.23. The van der Waals surface area contributed by atoms with Crippen LogP contribution < -0.4 is 9.47 Å². The number of carbonyl (C=O) groups is 1. The number of hydrogen-bond acceptors (Lipinski definition) is 4. The van der Waals surface area contributed by atoms with Gasteiger partial charge < -0.3 is 24.1 Å². The van der Waals surface area contributed by atoms with Crippen molar-refractivity contribution < 1.29 is 32.5 Å². The molecule has 0 radical (unpaired) electrons. The third-order valence-electron chi connectivity index (χ3n) is 8.13. The van der Waals surface area contributed by atoms with Gasteiger partial charge in [-0.1, -0.05) is 37.5 Å². The Morgan fingerprint density at radius 1 is 1.07 bits per heavy atom. The molecule has 3 aromatic carbocycles. The van der Waals surface area contributed by atoms with Crippen molar-refractivity contribution >= 4 is 27.9 Å². The van der Waals surface area contributed by atoms with E-state index in [0.717, 1.165) is 47.8 Å². The summed E-state index contributed by atoms with van der Waals surface area (Å²) >= 11 is 0. The van der Waals surface area contributed by atoms with Crippen molar-refractivity contribution in [2.24, 2.45) is 0 Å². The van der Waals surface area contributed by atoms with Crippen molar-refractivity contribution in [3.05, 3.63) is 65.7 Å². The number of carboxylic acid groups (broad SMARTS) is 1. The van der Waals surface area contributed by atoms with Crippen LogP contribution >= 0.6 is 0 Å². The van der Waals surface area contributed by atoms with E-state index in [2.05, 4.69) is 19.3 Å². The molecule has 0 atom stereocenters. The molecule has 1 saturated carbocycles. The average molecular weight is 562 g/mol. The van der Waals surface area contributed by atoms with E-state index in [4.69, 9.17) is 4.74 Å². The maximum absolute atomic E-state index is 12.8. The SMILES string of the molecule is O=C(O)c1ccc2c(C3CCCCC3)c3n(c2c1)CCOc1c-3ccc2nc(-c3cccc(OC(F)(F)F)c3)[nH]c12. The summed E-state index contributed by atoms with van der Waals surface area (Å²) in [6.07, 6.45) is 0.837. The lowest BCUT2D eigenvalue weighted by atomic mass is 9.81. The zero-order valence-corrected chi connectivity index (χ0v) is 21.9. The Balaban J connectivity index is 1.41. The third kappa shape index (κ3) is 4.47. The first kappa shape index (κ1) is 25.5. The van der Waals surface area contributed by atoms with Gasteiger partial charge in [-0.25, -0.2) is 9.78 Å². The minimum absolute atomic E-state index is 0.240. The molecule has 0 amide bonds. The van der Waals surface area contributed by atoms with Gasteiger partial charge in [-0.15, -0.1) is 13.2 Å². The maximum Gasteiger partial charge on any atom is 0.573 e. The molecule has 7 nitrogen and oxygen atoms in total. The molecule has 41 heavy (non-hydrogen) atoms. The minimum Gasteiger partial charge on any atom is -0.489 e. The van der Waals surface area contributed by atoms with Gasteiger partial charge in [0.15, 0.2) is 5.75 Å². The second kappa shape index (κ2) is 9.57. The van der Waals surface area contributed by atoms with Crippen LogP contribution in [0.1, 0.15) is 53.9 Å². The predicted molar refractivity (Wildman–Crippen MR) is 147 cm³/mol. The number of aromatic nitrogens is 3. The largest absolute Gasteiger partial charge is 0.573 e. The standard InChI is InChI=1S/C31H26F3N3O4/c32-31(33,34)41-20-8-4-7-18(15-20)29-35-23-12-11-22-27-25(17-5-2-1-3-6-17)21-10-9-19(30(38)39)16-24(21)37(27)13-14-40-28(22)26(23)36-29/h4,7-12,15-17H,1-3,5-6,13-14H2,(H,35,36)(H,38,39). The molecule has 1 fully saturated rings. The smallest absolute Gasteiger partial charge is 0.489 e. The Morgan fingerprint density at radius 2 is 1.90 bits per heavy atom. The number of H-pyrrole nitrogens is 1. The summed E-state index contributed by atoms with van der Waals surface area (Å²) in [5.41, 5.74) is 5.97. The van der Waals surface area contributed by atoms with Crippen molar-refractivity contribution in [1.82, 2.24) is 14.5 Å². The van der Waals surface area contributed by atoms with E-state index in [9.17, 15) is 23.1 Å². The van der Waals surface area contributed by atoms with Crippen LogP contribution in [0.25, 0.3) is 44.6 Å². The van der Waals surface area contributed by atoms with Crippen LogP contribution in [-0.2, 0) is 6.54 Å². The number of alkyl halides is 3. The fraction of sp³-hybridized carbons (Fsp3) is 0.290. The maximum atomic E-state index is 12.8. The number of halogens is 3. The molecule has 10 heteroatoms. The first-order valence-corrected chi connectivity index (χ1v) is 13.7. The van der Waals surface area contributed by atoms with Gasteiger partial charge in [-0.2, -0.15) is 0 Å². The summed E-state index contributed by atoms with van der Waals surface area (Å²) in [5.74, 6) is 0.0683. The van der Waals surface area contributed by atoms with E-state index in [1.54, 1.807) is 18.2 Å². The van der Waals surface area contributed by atoms with Crippen LogP contribution in [0.2, 0.25) is 0 Å². The van der Waals surface area contributed by atoms with E-state index in [1.807, 2.05) is 18.2 Å². The minimum atomic E-state index is -4.79. The molecule has 3 heterocycles. The Hall–Kier alpha value is -4.47. The van der Waals surface area contributed by atoms with Crippen LogP contribution in [-0.4, -0.2) is 38.6 Å².